The van der Waals surface area contributed by atoms with E-state index >= 15 is 0 Å². The van der Waals surface area contributed by atoms with Crippen LogP contribution in [0.3, 0.4) is 0 Å². The lowest BCUT2D eigenvalue weighted by molar-refractivity contribution is -0.134. The number of carbonyl (C=O) groups excluding carboxylic acids is 1. The van der Waals surface area contributed by atoms with Gasteiger partial charge in [0.1, 0.15) is 5.76 Å². The van der Waals surface area contributed by atoms with Crippen LogP contribution in [0.2, 0.25) is 5.02 Å². The summed E-state index contributed by atoms with van der Waals surface area (Å²) in [7, 11) is -3.58. The van der Waals surface area contributed by atoms with Crippen molar-refractivity contribution in [1.82, 2.24) is 24.2 Å². The third kappa shape index (κ3) is 5.49. The van der Waals surface area contributed by atoms with Crippen LogP contribution < -0.4 is 0 Å². The molecular formula is C21H28ClN5O4S. The molecule has 1 aromatic carbocycles. The molecule has 0 unspecified atom stereocenters. The quantitative estimate of drug-likeness (QED) is 0.614. The molecule has 32 heavy (non-hydrogen) atoms. The Hall–Kier alpha value is -1.98. The van der Waals surface area contributed by atoms with Crippen molar-refractivity contribution in [3.8, 4) is 0 Å². The van der Waals surface area contributed by atoms with Crippen molar-refractivity contribution >= 4 is 27.5 Å². The van der Waals surface area contributed by atoms with Gasteiger partial charge in [0.05, 0.1) is 17.1 Å². The van der Waals surface area contributed by atoms with E-state index in [1.807, 2.05) is 13.0 Å². The summed E-state index contributed by atoms with van der Waals surface area (Å²) in [6, 6.07) is 8.11. The molecular weight excluding hydrogens is 454 g/mol. The molecule has 0 spiro atoms. The van der Waals surface area contributed by atoms with Crippen molar-refractivity contribution in [2.45, 2.75) is 18.4 Å². The number of aromatic nitrogens is 1. The highest BCUT2D eigenvalue weighted by molar-refractivity contribution is 7.89. The standard InChI is InChI=1S/C21H28ClN5O4S/c1-17-14-19(23-31-17)15-24-6-8-25(9-7-24)16-21(28)26-10-12-27(13-11-26)32(29,30)20-4-2-18(22)3-5-20/h2-5,14H,6-13,15-16H2,1H3. The summed E-state index contributed by atoms with van der Waals surface area (Å²) in [4.78, 5) is 19.2. The number of hydrogen-bond acceptors (Lipinski definition) is 7. The van der Waals surface area contributed by atoms with Gasteiger partial charge >= 0.3 is 0 Å². The van der Waals surface area contributed by atoms with Crippen molar-refractivity contribution in [2.24, 2.45) is 0 Å². The highest BCUT2D eigenvalue weighted by atomic mass is 35.5. The Kier molecular flexibility index (Phi) is 7.16. The summed E-state index contributed by atoms with van der Waals surface area (Å²) in [5, 5.41) is 4.54. The second-order valence-corrected chi connectivity index (χ2v) is 10.6. The predicted molar refractivity (Wildman–Crippen MR) is 120 cm³/mol. The zero-order valence-corrected chi connectivity index (χ0v) is 19.7. The summed E-state index contributed by atoms with van der Waals surface area (Å²) in [5.41, 5.74) is 0.929. The number of benzene rings is 1. The van der Waals surface area contributed by atoms with E-state index in [1.165, 1.54) is 16.4 Å². The van der Waals surface area contributed by atoms with Crippen molar-refractivity contribution in [3.63, 3.8) is 0 Å². The van der Waals surface area contributed by atoms with Gasteiger partial charge in [0.2, 0.25) is 15.9 Å². The molecule has 2 aliphatic rings. The van der Waals surface area contributed by atoms with Gasteiger partial charge in [-0.2, -0.15) is 4.31 Å². The Morgan fingerprint density at radius 1 is 1.00 bits per heavy atom. The number of rotatable bonds is 6. The fraction of sp³-hybridized carbons (Fsp3) is 0.524. The molecule has 11 heteroatoms. The van der Waals surface area contributed by atoms with Gasteiger partial charge in [-0.3, -0.25) is 14.6 Å². The second kappa shape index (κ2) is 9.88. The number of hydrogen-bond donors (Lipinski definition) is 0. The van der Waals surface area contributed by atoms with Crippen molar-refractivity contribution in [2.75, 3.05) is 58.9 Å². The summed E-state index contributed by atoms with van der Waals surface area (Å²) in [6.45, 7) is 7.74. The first-order valence-electron chi connectivity index (χ1n) is 10.7. The maximum Gasteiger partial charge on any atom is 0.243 e. The maximum atomic E-state index is 12.8. The summed E-state index contributed by atoms with van der Waals surface area (Å²) in [5.74, 6) is 0.861. The van der Waals surface area contributed by atoms with Crippen molar-refractivity contribution in [3.05, 3.63) is 46.8 Å². The third-order valence-corrected chi connectivity index (χ3v) is 8.09. The molecule has 2 aromatic rings. The van der Waals surface area contributed by atoms with Gasteiger partial charge < -0.3 is 9.42 Å². The van der Waals surface area contributed by atoms with Gasteiger partial charge in [-0.1, -0.05) is 16.8 Å². The zero-order chi connectivity index (χ0) is 22.7. The monoisotopic (exact) mass is 481 g/mol. The van der Waals surface area contributed by atoms with Crippen LogP contribution in [-0.2, 0) is 21.4 Å². The van der Waals surface area contributed by atoms with E-state index in [0.717, 1.165) is 44.2 Å². The van der Waals surface area contributed by atoms with Gasteiger partial charge in [0.25, 0.3) is 0 Å². The Balaban J connectivity index is 1.22. The van der Waals surface area contributed by atoms with Gasteiger partial charge in [0.15, 0.2) is 0 Å². The average Bonchev–Trinajstić information content (AvgIpc) is 3.20. The van der Waals surface area contributed by atoms with E-state index in [0.29, 0.717) is 37.7 Å². The lowest BCUT2D eigenvalue weighted by atomic mass is 10.2. The van der Waals surface area contributed by atoms with Crippen molar-refractivity contribution in [1.29, 1.82) is 0 Å². The molecule has 1 amide bonds. The van der Waals surface area contributed by atoms with E-state index in [4.69, 9.17) is 16.1 Å². The topological polar surface area (TPSA) is 90.2 Å². The minimum absolute atomic E-state index is 0.0501. The molecule has 0 N–H and O–H groups in total. The first-order valence-corrected chi connectivity index (χ1v) is 12.5. The molecule has 1 aromatic heterocycles. The predicted octanol–water partition coefficient (Wildman–Crippen LogP) is 1.29. The minimum Gasteiger partial charge on any atom is -0.361 e. The summed E-state index contributed by atoms with van der Waals surface area (Å²) >= 11 is 5.86. The molecule has 4 rings (SSSR count). The SMILES string of the molecule is Cc1cc(CN2CCN(CC(=O)N3CCN(S(=O)(=O)c4ccc(Cl)cc4)CC3)CC2)no1. The molecule has 2 fully saturated rings. The lowest BCUT2D eigenvalue weighted by Crippen LogP contribution is -2.54. The molecule has 3 heterocycles. The smallest absolute Gasteiger partial charge is 0.243 e. The molecule has 0 saturated carbocycles. The molecule has 9 nitrogen and oxygen atoms in total. The van der Waals surface area contributed by atoms with Crippen LogP contribution in [-0.4, -0.2) is 97.4 Å². The number of halogens is 1. The number of aryl methyl sites for hydroxylation is 1. The Labute approximate surface area is 193 Å². The van der Waals surface area contributed by atoms with Crippen LogP contribution in [0.1, 0.15) is 11.5 Å². The number of nitrogens with zero attached hydrogens (tertiary/aromatic N) is 5. The van der Waals surface area contributed by atoms with Gasteiger partial charge in [-0.05, 0) is 31.2 Å². The lowest BCUT2D eigenvalue weighted by Gasteiger charge is -2.37. The van der Waals surface area contributed by atoms with E-state index in [2.05, 4.69) is 15.0 Å². The normalized spacial score (nSPS) is 19.4. The Morgan fingerprint density at radius 2 is 1.62 bits per heavy atom. The van der Waals surface area contributed by atoms with Crippen LogP contribution in [0.15, 0.2) is 39.8 Å². The molecule has 0 radical (unpaired) electrons. The Bertz CT molecular complexity index is 1030. The molecule has 2 saturated heterocycles. The molecule has 0 atom stereocenters. The first kappa shape index (κ1) is 23.2. The van der Waals surface area contributed by atoms with Gasteiger partial charge in [-0.15, -0.1) is 0 Å². The fourth-order valence-electron chi connectivity index (χ4n) is 4.05. The van der Waals surface area contributed by atoms with E-state index in [1.54, 1.807) is 17.0 Å². The number of piperazine rings is 2. The van der Waals surface area contributed by atoms with E-state index in [-0.39, 0.29) is 10.8 Å². The first-order chi connectivity index (χ1) is 15.3. The largest absolute Gasteiger partial charge is 0.361 e. The minimum atomic E-state index is -3.58. The number of sulfonamides is 1. The maximum absolute atomic E-state index is 12.8. The average molecular weight is 482 g/mol. The molecule has 0 bridgehead atoms. The van der Waals surface area contributed by atoms with Crippen LogP contribution in [0.25, 0.3) is 0 Å². The number of amides is 1. The van der Waals surface area contributed by atoms with Gasteiger partial charge in [-0.25, -0.2) is 8.42 Å². The molecule has 2 aliphatic heterocycles. The fourth-order valence-corrected chi connectivity index (χ4v) is 5.60. The summed E-state index contributed by atoms with van der Waals surface area (Å²) in [6.07, 6.45) is 0. The Morgan fingerprint density at radius 3 is 2.22 bits per heavy atom. The molecule has 174 valence electrons. The highest BCUT2D eigenvalue weighted by Crippen LogP contribution is 2.20. The number of carbonyl (C=O) groups is 1. The van der Waals surface area contributed by atoms with Crippen molar-refractivity contribution < 1.29 is 17.7 Å². The third-order valence-electron chi connectivity index (χ3n) is 5.93. The summed E-state index contributed by atoms with van der Waals surface area (Å²) < 4.78 is 32.2. The van der Waals surface area contributed by atoms with Crippen LogP contribution in [0, 0.1) is 6.92 Å². The van der Waals surface area contributed by atoms with Crippen LogP contribution in [0.4, 0.5) is 0 Å². The zero-order valence-electron chi connectivity index (χ0n) is 18.1. The van der Waals surface area contributed by atoms with Crippen LogP contribution in [0.5, 0.6) is 0 Å². The van der Waals surface area contributed by atoms with E-state index < -0.39 is 10.0 Å². The van der Waals surface area contributed by atoms with Gasteiger partial charge in [0, 0.05) is 70.0 Å². The highest BCUT2D eigenvalue weighted by Gasteiger charge is 2.31. The second-order valence-electron chi connectivity index (χ2n) is 8.22. The molecule has 0 aliphatic carbocycles. The van der Waals surface area contributed by atoms with Crippen LogP contribution >= 0.6 is 11.6 Å². The van der Waals surface area contributed by atoms with E-state index in [9.17, 15) is 13.2 Å².